The van der Waals surface area contributed by atoms with Crippen LogP contribution in [0.3, 0.4) is 0 Å². The van der Waals surface area contributed by atoms with E-state index < -0.39 is 5.97 Å². The van der Waals surface area contributed by atoms with Crippen molar-refractivity contribution in [3.63, 3.8) is 0 Å². The molecule has 4 nitrogen and oxygen atoms in total. The van der Waals surface area contributed by atoms with Gasteiger partial charge in [-0.1, -0.05) is 42.5 Å². The van der Waals surface area contributed by atoms with E-state index in [0.29, 0.717) is 6.54 Å². The third kappa shape index (κ3) is 5.57. The summed E-state index contributed by atoms with van der Waals surface area (Å²) < 4.78 is 18.0. The number of hydrogen-bond acceptors (Lipinski definition) is 4. The van der Waals surface area contributed by atoms with E-state index >= 15 is 0 Å². The largest absolute Gasteiger partial charge is 0.455 e. The van der Waals surface area contributed by atoms with Crippen molar-refractivity contribution in [2.24, 2.45) is 0 Å². The summed E-state index contributed by atoms with van der Waals surface area (Å²) in [4.78, 5) is 26.5. The number of thioether (sulfide) groups is 1. The molecule has 0 spiro atoms. The highest BCUT2D eigenvalue weighted by Crippen LogP contribution is 2.23. The van der Waals surface area contributed by atoms with Gasteiger partial charge < -0.3 is 9.64 Å². The SMILES string of the molecule is CN(Cc1ccc(F)cc1)C(=O)COC(=O)CSc1ccc2ccccc2c1. The average Bonchev–Trinajstić information content (AvgIpc) is 2.71. The van der Waals surface area contributed by atoms with Crippen molar-refractivity contribution in [1.82, 2.24) is 4.90 Å². The van der Waals surface area contributed by atoms with Crippen LogP contribution in [0.25, 0.3) is 10.8 Å². The Hall–Kier alpha value is -2.86. The van der Waals surface area contributed by atoms with Crippen LogP contribution in [0.1, 0.15) is 5.56 Å². The molecular weight excluding hydrogens is 377 g/mol. The summed E-state index contributed by atoms with van der Waals surface area (Å²) in [6.45, 7) is 0.0112. The van der Waals surface area contributed by atoms with E-state index in [1.807, 2.05) is 42.5 Å². The molecule has 0 atom stereocenters. The molecule has 0 saturated heterocycles. The van der Waals surface area contributed by atoms with Crippen molar-refractivity contribution in [2.45, 2.75) is 11.4 Å². The molecule has 1 amide bonds. The predicted molar refractivity (Wildman–Crippen MR) is 109 cm³/mol. The van der Waals surface area contributed by atoms with Crippen LogP contribution in [0.5, 0.6) is 0 Å². The molecule has 0 aliphatic carbocycles. The number of nitrogens with zero attached hydrogens (tertiary/aromatic N) is 1. The normalized spacial score (nSPS) is 10.6. The highest BCUT2D eigenvalue weighted by Gasteiger charge is 2.13. The lowest BCUT2D eigenvalue weighted by atomic mass is 10.1. The summed E-state index contributed by atoms with van der Waals surface area (Å²) in [5.74, 6) is -0.946. The molecule has 0 heterocycles. The zero-order valence-electron chi connectivity index (χ0n) is 15.4. The van der Waals surface area contributed by atoms with Gasteiger partial charge in [-0.05, 0) is 40.6 Å². The van der Waals surface area contributed by atoms with Crippen LogP contribution in [0.2, 0.25) is 0 Å². The van der Waals surface area contributed by atoms with Gasteiger partial charge >= 0.3 is 5.97 Å². The quantitative estimate of drug-likeness (QED) is 0.441. The first kappa shape index (κ1) is 19.9. The summed E-state index contributed by atoms with van der Waals surface area (Å²) in [5, 5.41) is 2.25. The lowest BCUT2D eigenvalue weighted by Gasteiger charge is -2.17. The van der Waals surface area contributed by atoms with Crippen molar-refractivity contribution in [2.75, 3.05) is 19.4 Å². The number of carbonyl (C=O) groups is 2. The number of esters is 1. The number of fused-ring (bicyclic) bond motifs is 1. The molecule has 0 fully saturated rings. The van der Waals surface area contributed by atoms with Crippen molar-refractivity contribution >= 4 is 34.4 Å². The first-order chi connectivity index (χ1) is 13.5. The maximum Gasteiger partial charge on any atom is 0.316 e. The molecule has 0 N–H and O–H groups in total. The number of halogens is 1. The van der Waals surface area contributed by atoms with Gasteiger partial charge in [-0.2, -0.15) is 0 Å². The topological polar surface area (TPSA) is 46.6 Å². The first-order valence-corrected chi connectivity index (χ1v) is 9.75. The van der Waals surface area contributed by atoms with E-state index in [4.69, 9.17) is 4.74 Å². The van der Waals surface area contributed by atoms with E-state index in [0.717, 1.165) is 21.2 Å². The average molecular weight is 397 g/mol. The Balaban J connectivity index is 1.43. The van der Waals surface area contributed by atoms with Crippen LogP contribution in [0, 0.1) is 5.82 Å². The number of ether oxygens (including phenoxy) is 1. The number of likely N-dealkylation sites (N-methyl/N-ethyl adjacent to an activating group) is 1. The second kappa shape index (κ2) is 9.37. The predicted octanol–water partition coefficient (Wildman–Crippen LogP) is 4.27. The molecule has 0 bridgehead atoms. The molecule has 3 aromatic rings. The van der Waals surface area contributed by atoms with E-state index in [2.05, 4.69) is 0 Å². The molecule has 0 saturated carbocycles. The zero-order chi connectivity index (χ0) is 19.9. The van der Waals surface area contributed by atoms with E-state index in [-0.39, 0.29) is 24.1 Å². The Morgan fingerprint density at radius 3 is 2.46 bits per heavy atom. The van der Waals surface area contributed by atoms with Crippen LogP contribution in [-0.4, -0.2) is 36.2 Å². The minimum Gasteiger partial charge on any atom is -0.455 e. The third-order valence-electron chi connectivity index (χ3n) is 4.19. The van der Waals surface area contributed by atoms with Crippen molar-refractivity contribution in [3.05, 3.63) is 78.1 Å². The minimum atomic E-state index is -0.443. The fraction of sp³-hybridized carbons (Fsp3) is 0.182. The Labute approximate surface area is 167 Å². The van der Waals surface area contributed by atoms with Gasteiger partial charge in [0, 0.05) is 18.5 Å². The second-order valence-electron chi connectivity index (χ2n) is 6.33. The summed E-state index contributed by atoms with van der Waals surface area (Å²) in [6.07, 6.45) is 0. The Morgan fingerprint density at radius 1 is 1.00 bits per heavy atom. The van der Waals surface area contributed by atoms with Crippen molar-refractivity contribution in [3.8, 4) is 0 Å². The molecule has 144 valence electrons. The zero-order valence-corrected chi connectivity index (χ0v) is 16.2. The maximum atomic E-state index is 12.9. The van der Waals surface area contributed by atoms with Crippen LogP contribution in [0.4, 0.5) is 4.39 Å². The summed E-state index contributed by atoms with van der Waals surface area (Å²) >= 11 is 1.37. The van der Waals surface area contributed by atoms with Gasteiger partial charge in [-0.3, -0.25) is 9.59 Å². The standard InChI is InChI=1S/C22H20FNO3S/c1-24(13-16-6-9-19(23)10-7-16)21(25)14-27-22(26)15-28-20-11-8-17-4-2-3-5-18(17)12-20/h2-12H,13-15H2,1H3. The molecule has 6 heteroatoms. The van der Waals surface area contributed by atoms with E-state index in [1.165, 1.54) is 28.8 Å². The highest BCUT2D eigenvalue weighted by molar-refractivity contribution is 8.00. The van der Waals surface area contributed by atoms with Gasteiger partial charge in [0.15, 0.2) is 6.61 Å². The highest BCUT2D eigenvalue weighted by atomic mass is 32.2. The van der Waals surface area contributed by atoms with E-state index in [1.54, 1.807) is 19.2 Å². The minimum absolute atomic E-state index is 0.132. The van der Waals surface area contributed by atoms with Gasteiger partial charge in [-0.25, -0.2) is 4.39 Å². The number of amides is 1. The lowest BCUT2D eigenvalue weighted by Crippen LogP contribution is -2.31. The maximum absolute atomic E-state index is 12.9. The Morgan fingerprint density at radius 2 is 1.71 bits per heavy atom. The number of rotatable bonds is 7. The van der Waals surface area contributed by atoms with Crippen molar-refractivity contribution in [1.29, 1.82) is 0 Å². The monoisotopic (exact) mass is 397 g/mol. The van der Waals surface area contributed by atoms with Gasteiger partial charge in [0.1, 0.15) is 5.82 Å². The van der Waals surface area contributed by atoms with Gasteiger partial charge in [-0.15, -0.1) is 11.8 Å². The van der Waals surface area contributed by atoms with Gasteiger partial charge in [0.2, 0.25) is 0 Å². The number of carbonyl (C=O) groups excluding carboxylic acids is 2. The molecule has 3 rings (SSSR count). The van der Waals surface area contributed by atoms with Crippen LogP contribution in [-0.2, 0) is 20.9 Å². The Kier molecular flexibility index (Phi) is 6.66. The molecule has 0 aliphatic heterocycles. The molecule has 0 aliphatic rings. The fourth-order valence-corrected chi connectivity index (χ4v) is 3.39. The van der Waals surface area contributed by atoms with Crippen molar-refractivity contribution < 1.29 is 18.7 Å². The molecule has 0 unspecified atom stereocenters. The van der Waals surface area contributed by atoms with E-state index in [9.17, 15) is 14.0 Å². The summed E-state index contributed by atoms with van der Waals surface area (Å²) in [5.41, 5.74) is 0.801. The van der Waals surface area contributed by atoms with Gasteiger partial charge in [0.25, 0.3) is 5.91 Å². The lowest BCUT2D eigenvalue weighted by molar-refractivity contribution is -0.149. The number of hydrogen-bond donors (Lipinski definition) is 0. The Bertz CT molecular complexity index is 975. The molecule has 3 aromatic carbocycles. The third-order valence-corrected chi connectivity index (χ3v) is 5.16. The molecule has 0 radical (unpaired) electrons. The summed E-state index contributed by atoms with van der Waals surface area (Å²) in [7, 11) is 1.61. The molecule has 28 heavy (non-hydrogen) atoms. The molecule has 0 aromatic heterocycles. The smallest absolute Gasteiger partial charge is 0.316 e. The summed E-state index contributed by atoms with van der Waals surface area (Å²) in [6, 6.07) is 19.9. The fourth-order valence-electron chi connectivity index (χ4n) is 2.65. The van der Waals surface area contributed by atoms with Gasteiger partial charge in [0.05, 0.1) is 5.75 Å². The number of benzene rings is 3. The van der Waals surface area contributed by atoms with Crippen LogP contribution in [0.15, 0.2) is 71.6 Å². The van der Waals surface area contributed by atoms with Crippen LogP contribution >= 0.6 is 11.8 Å². The molecular formula is C22H20FNO3S. The van der Waals surface area contributed by atoms with Crippen LogP contribution < -0.4 is 0 Å². The second-order valence-corrected chi connectivity index (χ2v) is 7.38. The first-order valence-electron chi connectivity index (χ1n) is 8.77.